The molecule has 2 amide bonds. The molecule has 0 bridgehead atoms. The average Bonchev–Trinajstić information content (AvgIpc) is 3.18. The highest BCUT2D eigenvalue weighted by Crippen LogP contribution is 2.39. The lowest BCUT2D eigenvalue weighted by Gasteiger charge is -2.34. The molecule has 7 nitrogen and oxygen atoms in total. The van der Waals surface area contributed by atoms with Crippen molar-refractivity contribution in [3.8, 4) is 0 Å². The Morgan fingerprint density at radius 3 is 2.43 bits per heavy atom. The SMILES string of the molecule is Cc1n[nH]c(C)c1NC(=O)CN1CCN(C(=O)[C@H]2C[C@@H]2C)CC1. The molecule has 23 heavy (non-hydrogen) atoms. The van der Waals surface area contributed by atoms with Crippen LogP contribution in [0.4, 0.5) is 5.69 Å². The number of amides is 2. The highest BCUT2D eigenvalue weighted by Gasteiger charge is 2.41. The van der Waals surface area contributed by atoms with Gasteiger partial charge in [-0.15, -0.1) is 0 Å². The van der Waals surface area contributed by atoms with E-state index < -0.39 is 0 Å². The van der Waals surface area contributed by atoms with E-state index in [1.54, 1.807) is 0 Å². The summed E-state index contributed by atoms with van der Waals surface area (Å²) in [6, 6.07) is 0. The van der Waals surface area contributed by atoms with E-state index >= 15 is 0 Å². The van der Waals surface area contributed by atoms with Gasteiger partial charge in [0.2, 0.25) is 11.8 Å². The molecule has 1 aliphatic carbocycles. The fourth-order valence-corrected chi connectivity index (χ4v) is 3.14. The summed E-state index contributed by atoms with van der Waals surface area (Å²) in [6.07, 6.45) is 1.03. The zero-order valence-electron chi connectivity index (χ0n) is 14.1. The summed E-state index contributed by atoms with van der Waals surface area (Å²) in [7, 11) is 0. The van der Waals surface area contributed by atoms with Gasteiger partial charge in [-0.1, -0.05) is 6.92 Å². The van der Waals surface area contributed by atoms with Crippen LogP contribution in [0.25, 0.3) is 0 Å². The number of aromatic nitrogens is 2. The minimum Gasteiger partial charge on any atom is -0.340 e. The maximum Gasteiger partial charge on any atom is 0.238 e. The van der Waals surface area contributed by atoms with E-state index in [1.165, 1.54) is 0 Å². The normalized spacial score (nSPS) is 24.6. The van der Waals surface area contributed by atoms with Crippen LogP contribution in [0.1, 0.15) is 24.7 Å². The average molecular weight is 319 g/mol. The van der Waals surface area contributed by atoms with Gasteiger partial charge in [0.05, 0.1) is 23.6 Å². The number of nitrogens with zero attached hydrogens (tertiary/aromatic N) is 3. The first kappa shape index (κ1) is 16.0. The van der Waals surface area contributed by atoms with Crippen LogP contribution in [-0.4, -0.2) is 64.5 Å². The highest BCUT2D eigenvalue weighted by molar-refractivity contribution is 5.93. The van der Waals surface area contributed by atoms with Gasteiger partial charge in [0.15, 0.2) is 0 Å². The van der Waals surface area contributed by atoms with Crippen molar-refractivity contribution < 1.29 is 9.59 Å². The van der Waals surface area contributed by atoms with Crippen LogP contribution in [0.2, 0.25) is 0 Å². The lowest BCUT2D eigenvalue weighted by molar-refractivity contribution is -0.134. The monoisotopic (exact) mass is 319 g/mol. The minimum atomic E-state index is -0.0341. The summed E-state index contributed by atoms with van der Waals surface area (Å²) in [5.41, 5.74) is 2.43. The smallest absolute Gasteiger partial charge is 0.238 e. The van der Waals surface area contributed by atoms with Gasteiger partial charge in [-0.05, 0) is 26.2 Å². The Kier molecular flexibility index (Phi) is 4.39. The van der Waals surface area contributed by atoms with Crippen LogP contribution in [0.15, 0.2) is 0 Å². The first-order chi connectivity index (χ1) is 11.0. The fourth-order valence-electron chi connectivity index (χ4n) is 3.14. The Balaban J connectivity index is 1.45. The van der Waals surface area contributed by atoms with Gasteiger partial charge in [0.1, 0.15) is 0 Å². The second-order valence-electron chi connectivity index (χ2n) is 6.78. The number of hydrogen-bond acceptors (Lipinski definition) is 4. The van der Waals surface area contributed by atoms with Crippen molar-refractivity contribution in [2.24, 2.45) is 11.8 Å². The van der Waals surface area contributed by atoms with Gasteiger partial charge in [-0.3, -0.25) is 19.6 Å². The van der Waals surface area contributed by atoms with Gasteiger partial charge in [0, 0.05) is 32.1 Å². The molecule has 2 atom stereocenters. The molecule has 1 aromatic rings. The van der Waals surface area contributed by atoms with Crippen LogP contribution in [-0.2, 0) is 9.59 Å². The van der Waals surface area contributed by atoms with Crippen molar-refractivity contribution in [3.05, 3.63) is 11.4 Å². The molecule has 0 spiro atoms. The maximum atomic E-state index is 12.2. The van der Waals surface area contributed by atoms with Crippen molar-refractivity contribution in [1.82, 2.24) is 20.0 Å². The minimum absolute atomic E-state index is 0.0341. The predicted octanol–water partition coefficient (Wildman–Crippen LogP) is 0.765. The number of hydrogen-bond donors (Lipinski definition) is 2. The summed E-state index contributed by atoms with van der Waals surface area (Å²) in [6.45, 7) is 9.18. The molecule has 126 valence electrons. The molecule has 2 N–H and O–H groups in total. The molecule has 2 heterocycles. The van der Waals surface area contributed by atoms with E-state index in [4.69, 9.17) is 0 Å². The van der Waals surface area contributed by atoms with Gasteiger partial charge in [0.25, 0.3) is 0 Å². The molecule has 1 aliphatic heterocycles. The van der Waals surface area contributed by atoms with E-state index in [2.05, 4.69) is 27.3 Å². The number of H-pyrrole nitrogens is 1. The number of carbonyl (C=O) groups is 2. The summed E-state index contributed by atoms with van der Waals surface area (Å²) in [4.78, 5) is 28.4. The van der Waals surface area contributed by atoms with E-state index in [0.29, 0.717) is 18.4 Å². The topological polar surface area (TPSA) is 81.3 Å². The Bertz CT molecular complexity index is 584. The molecule has 1 aromatic heterocycles. The largest absolute Gasteiger partial charge is 0.340 e. The molecule has 2 aliphatic rings. The number of rotatable bonds is 4. The van der Waals surface area contributed by atoms with Crippen molar-refractivity contribution in [1.29, 1.82) is 0 Å². The van der Waals surface area contributed by atoms with Crippen molar-refractivity contribution in [2.75, 3.05) is 38.0 Å². The zero-order chi connectivity index (χ0) is 16.6. The molecule has 1 saturated carbocycles. The van der Waals surface area contributed by atoms with Gasteiger partial charge in [-0.2, -0.15) is 5.10 Å². The molecule has 1 saturated heterocycles. The standard InChI is InChI=1S/C16H25N5O2/c1-10-8-13(10)16(23)21-6-4-20(5-7-21)9-14(22)17-15-11(2)18-19-12(15)3/h10,13H,4-9H2,1-3H3,(H,17,22)(H,18,19)/t10-,13-/m0/s1. The second kappa shape index (κ2) is 6.31. The molecule has 0 aromatic carbocycles. The molecule has 0 unspecified atom stereocenters. The van der Waals surface area contributed by atoms with Crippen molar-refractivity contribution in [3.63, 3.8) is 0 Å². The summed E-state index contributed by atoms with van der Waals surface area (Å²) < 4.78 is 0. The number of aryl methyl sites for hydroxylation is 2. The quantitative estimate of drug-likeness (QED) is 0.859. The Morgan fingerprint density at radius 1 is 1.26 bits per heavy atom. The Hall–Kier alpha value is -1.89. The molecule has 0 radical (unpaired) electrons. The Labute approximate surface area is 136 Å². The highest BCUT2D eigenvalue weighted by atomic mass is 16.2. The molecule has 7 heteroatoms. The van der Waals surface area contributed by atoms with Crippen LogP contribution >= 0.6 is 0 Å². The van der Waals surface area contributed by atoms with Crippen molar-refractivity contribution in [2.45, 2.75) is 27.2 Å². The fraction of sp³-hybridized carbons (Fsp3) is 0.688. The number of nitrogens with one attached hydrogen (secondary N) is 2. The van der Waals surface area contributed by atoms with Crippen LogP contribution in [0, 0.1) is 25.7 Å². The second-order valence-corrected chi connectivity index (χ2v) is 6.78. The van der Waals surface area contributed by atoms with E-state index in [0.717, 1.165) is 49.7 Å². The molecule has 2 fully saturated rings. The van der Waals surface area contributed by atoms with Crippen LogP contribution in [0.5, 0.6) is 0 Å². The van der Waals surface area contributed by atoms with E-state index in [-0.39, 0.29) is 11.8 Å². The number of aromatic amines is 1. The van der Waals surface area contributed by atoms with Crippen molar-refractivity contribution >= 4 is 17.5 Å². The van der Waals surface area contributed by atoms with Gasteiger partial charge >= 0.3 is 0 Å². The predicted molar refractivity (Wildman–Crippen MR) is 87.0 cm³/mol. The lowest BCUT2D eigenvalue weighted by Crippen LogP contribution is -2.51. The number of anilines is 1. The first-order valence-corrected chi connectivity index (χ1v) is 8.28. The first-order valence-electron chi connectivity index (χ1n) is 8.28. The third kappa shape index (κ3) is 3.55. The van der Waals surface area contributed by atoms with E-state index in [1.807, 2.05) is 18.7 Å². The summed E-state index contributed by atoms with van der Waals surface area (Å²) in [5.74, 6) is 1.06. The molecular formula is C16H25N5O2. The molecular weight excluding hydrogens is 294 g/mol. The summed E-state index contributed by atoms with van der Waals surface area (Å²) >= 11 is 0. The third-order valence-electron chi connectivity index (χ3n) is 4.87. The number of carbonyl (C=O) groups excluding carboxylic acids is 2. The van der Waals surface area contributed by atoms with Crippen LogP contribution < -0.4 is 5.32 Å². The van der Waals surface area contributed by atoms with E-state index in [9.17, 15) is 9.59 Å². The maximum absolute atomic E-state index is 12.2. The van der Waals surface area contributed by atoms with Crippen LogP contribution in [0.3, 0.4) is 0 Å². The van der Waals surface area contributed by atoms with Gasteiger partial charge in [-0.25, -0.2) is 0 Å². The zero-order valence-corrected chi connectivity index (χ0v) is 14.1. The third-order valence-corrected chi connectivity index (χ3v) is 4.87. The lowest BCUT2D eigenvalue weighted by atomic mass is 10.2. The summed E-state index contributed by atoms with van der Waals surface area (Å²) in [5, 5.41) is 9.86. The van der Waals surface area contributed by atoms with Gasteiger partial charge < -0.3 is 10.2 Å². The number of piperazine rings is 1. The Morgan fingerprint density at radius 2 is 1.91 bits per heavy atom. The molecule has 3 rings (SSSR count).